The molecule has 2 amide bonds. The van der Waals surface area contributed by atoms with Crippen molar-refractivity contribution in [3.05, 3.63) is 78.1 Å². The van der Waals surface area contributed by atoms with Gasteiger partial charge in [0.05, 0.1) is 6.20 Å². The molecule has 0 radical (unpaired) electrons. The van der Waals surface area contributed by atoms with Crippen LogP contribution in [0.15, 0.2) is 67.0 Å². The fraction of sp³-hybridized carbons (Fsp3) is 0.190. The first kappa shape index (κ1) is 17.0. The van der Waals surface area contributed by atoms with Gasteiger partial charge >= 0.3 is 0 Å². The number of piperazine rings is 1. The fourth-order valence-electron chi connectivity index (χ4n) is 3.40. The number of hydrogen-bond donors (Lipinski definition) is 2. The Labute approximate surface area is 157 Å². The van der Waals surface area contributed by atoms with Gasteiger partial charge in [0.25, 0.3) is 5.91 Å². The Hall–Kier alpha value is -3.41. The number of aromatic amines is 1. The molecular weight excluding hydrogens is 340 g/mol. The third kappa shape index (κ3) is 3.60. The molecule has 0 saturated carbocycles. The number of hydrogen-bond acceptors (Lipinski definition) is 3. The highest BCUT2D eigenvalue weighted by Crippen LogP contribution is 2.21. The summed E-state index contributed by atoms with van der Waals surface area (Å²) in [5.41, 5.74) is 3.43. The molecule has 0 aliphatic carbocycles. The number of H-pyrrole nitrogens is 1. The van der Waals surface area contributed by atoms with Gasteiger partial charge in [-0.15, -0.1) is 0 Å². The number of nitrogens with one attached hydrogen (secondary N) is 2. The number of nitrogens with zero attached hydrogens (tertiary/aromatic N) is 2. The van der Waals surface area contributed by atoms with Crippen molar-refractivity contribution in [3.8, 4) is 11.1 Å². The summed E-state index contributed by atoms with van der Waals surface area (Å²) in [6.07, 6.45) is 4.01. The second kappa shape index (κ2) is 7.45. The van der Waals surface area contributed by atoms with E-state index in [1.54, 1.807) is 23.4 Å². The molecule has 4 rings (SSSR count). The van der Waals surface area contributed by atoms with Crippen LogP contribution in [0.2, 0.25) is 0 Å². The molecule has 0 spiro atoms. The minimum atomic E-state index is -0.508. The lowest BCUT2D eigenvalue weighted by Crippen LogP contribution is -2.58. The predicted octanol–water partition coefficient (Wildman–Crippen LogP) is 2.26. The van der Waals surface area contributed by atoms with Crippen LogP contribution in [0.4, 0.5) is 0 Å². The van der Waals surface area contributed by atoms with E-state index in [9.17, 15) is 9.59 Å². The van der Waals surface area contributed by atoms with Crippen molar-refractivity contribution in [2.45, 2.75) is 12.5 Å². The summed E-state index contributed by atoms with van der Waals surface area (Å²) in [6.45, 7) is 0.968. The van der Waals surface area contributed by atoms with Crippen molar-refractivity contribution in [3.63, 3.8) is 0 Å². The molecule has 1 fully saturated rings. The van der Waals surface area contributed by atoms with Crippen LogP contribution < -0.4 is 5.32 Å². The highest BCUT2D eigenvalue weighted by molar-refractivity contribution is 5.99. The summed E-state index contributed by atoms with van der Waals surface area (Å²) in [7, 11) is 0. The highest BCUT2D eigenvalue weighted by atomic mass is 16.2. The molecule has 2 N–H and O–H groups in total. The average molecular weight is 360 g/mol. The summed E-state index contributed by atoms with van der Waals surface area (Å²) < 4.78 is 0. The van der Waals surface area contributed by atoms with E-state index in [0.29, 0.717) is 25.1 Å². The van der Waals surface area contributed by atoms with Gasteiger partial charge in [-0.2, -0.15) is 5.10 Å². The lowest BCUT2D eigenvalue weighted by Gasteiger charge is -2.35. The zero-order valence-electron chi connectivity index (χ0n) is 14.8. The number of aromatic nitrogens is 2. The molecule has 0 unspecified atom stereocenters. The van der Waals surface area contributed by atoms with Crippen LogP contribution in [0.3, 0.4) is 0 Å². The van der Waals surface area contributed by atoms with Gasteiger partial charge in [0.15, 0.2) is 0 Å². The molecule has 1 aliphatic rings. The Morgan fingerprint density at radius 1 is 1.11 bits per heavy atom. The average Bonchev–Trinajstić information content (AvgIpc) is 3.25. The summed E-state index contributed by atoms with van der Waals surface area (Å²) >= 11 is 0. The van der Waals surface area contributed by atoms with Crippen LogP contribution in [0.25, 0.3) is 11.1 Å². The van der Waals surface area contributed by atoms with Gasteiger partial charge in [-0.1, -0.05) is 42.5 Å². The van der Waals surface area contributed by atoms with Crippen LogP contribution in [0, 0.1) is 0 Å². The molecule has 6 heteroatoms. The maximum atomic E-state index is 13.2. The van der Waals surface area contributed by atoms with E-state index in [4.69, 9.17) is 0 Å². The quantitative estimate of drug-likeness (QED) is 0.749. The van der Waals surface area contributed by atoms with Gasteiger partial charge in [0, 0.05) is 36.8 Å². The first-order valence-corrected chi connectivity index (χ1v) is 8.94. The van der Waals surface area contributed by atoms with E-state index in [-0.39, 0.29) is 11.8 Å². The van der Waals surface area contributed by atoms with Gasteiger partial charge < -0.3 is 10.2 Å². The zero-order chi connectivity index (χ0) is 18.6. The lowest BCUT2D eigenvalue weighted by atomic mass is 10.00. The van der Waals surface area contributed by atoms with Gasteiger partial charge in [-0.25, -0.2) is 0 Å². The monoisotopic (exact) mass is 360 g/mol. The van der Waals surface area contributed by atoms with Crippen molar-refractivity contribution < 1.29 is 9.59 Å². The van der Waals surface area contributed by atoms with Gasteiger partial charge in [0.2, 0.25) is 5.91 Å². The Kier molecular flexibility index (Phi) is 4.70. The Morgan fingerprint density at radius 2 is 1.96 bits per heavy atom. The van der Waals surface area contributed by atoms with E-state index in [1.165, 1.54) is 0 Å². The zero-order valence-corrected chi connectivity index (χ0v) is 14.8. The molecule has 0 bridgehead atoms. The summed E-state index contributed by atoms with van der Waals surface area (Å²) in [5.74, 6) is -0.236. The largest absolute Gasteiger partial charge is 0.353 e. The minimum Gasteiger partial charge on any atom is -0.353 e. The third-order valence-corrected chi connectivity index (χ3v) is 4.80. The number of carbonyl (C=O) groups excluding carboxylic acids is 2. The highest BCUT2D eigenvalue weighted by Gasteiger charge is 2.33. The molecule has 1 saturated heterocycles. The van der Waals surface area contributed by atoms with Crippen molar-refractivity contribution in [1.82, 2.24) is 20.4 Å². The molecular formula is C21H20N4O2. The molecule has 1 atom stereocenters. The smallest absolute Gasteiger partial charge is 0.254 e. The van der Waals surface area contributed by atoms with Gasteiger partial charge in [-0.3, -0.25) is 14.7 Å². The minimum absolute atomic E-state index is 0.107. The Balaban J connectivity index is 1.61. The predicted molar refractivity (Wildman–Crippen MR) is 102 cm³/mol. The molecule has 136 valence electrons. The van der Waals surface area contributed by atoms with Crippen LogP contribution >= 0.6 is 0 Å². The third-order valence-electron chi connectivity index (χ3n) is 4.80. The van der Waals surface area contributed by atoms with Gasteiger partial charge in [-0.05, 0) is 23.3 Å². The van der Waals surface area contributed by atoms with Crippen molar-refractivity contribution in [2.24, 2.45) is 0 Å². The SMILES string of the molecule is O=C1NCCN(C(=O)c2cccc(-c3cn[nH]c3)c2)[C@H]1Cc1ccccc1. The normalized spacial score (nSPS) is 16.8. The maximum absolute atomic E-state index is 13.2. The number of rotatable bonds is 4. The topological polar surface area (TPSA) is 78.1 Å². The molecule has 27 heavy (non-hydrogen) atoms. The first-order chi connectivity index (χ1) is 13.2. The van der Waals surface area contributed by atoms with Crippen LogP contribution in [-0.4, -0.2) is 46.0 Å². The molecule has 1 aliphatic heterocycles. The number of benzene rings is 2. The van der Waals surface area contributed by atoms with Crippen molar-refractivity contribution in [2.75, 3.05) is 13.1 Å². The second-order valence-electron chi connectivity index (χ2n) is 6.56. The van der Waals surface area contributed by atoms with Crippen LogP contribution in [0.5, 0.6) is 0 Å². The fourth-order valence-corrected chi connectivity index (χ4v) is 3.40. The van der Waals surface area contributed by atoms with Gasteiger partial charge in [0.1, 0.15) is 6.04 Å². The molecule has 6 nitrogen and oxygen atoms in total. The number of amides is 2. The Morgan fingerprint density at radius 3 is 2.74 bits per heavy atom. The van der Waals surface area contributed by atoms with E-state index in [0.717, 1.165) is 16.7 Å². The summed E-state index contributed by atoms with van der Waals surface area (Å²) in [4.78, 5) is 27.4. The standard InChI is InChI=1S/C21H20N4O2/c26-20-19(11-15-5-2-1-3-6-15)25(10-9-22-20)21(27)17-8-4-7-16(12-17)18-13-23-24-14-18/h1-8,12-14,19H,9-11H2,(H,22,26)(H,23,24)/t19-/m0/s1. The molecule has 1 aromatic heterocycles. The van der Waals surface area contributed by atoms with Crippen LogP contribution in [0.1, 0.15) is 15.9 Å². The van der Waals surface area contributed by atoms with Crippen molar-refractivity contribution in [1.29, 1.82) is 0 Å². The Bertz CT molecular complexity index is 938. The van der Waals surface area contributed by atoms with E-state index < -0.39 is 6.04 Å². The first-order valence-electron chi connectivity index (χ1n) is 8.94. The summed E-state index contributed by atoms with van der Waals surface area (Å²) in [5, 5.41) is 9.62. The van der Waals surface area contributed by atoms with E-state index in [1.807, 2.05) is 48.5 Å². The van der Waals surface area contributed by atoms with E-state index in [2.05, 4.69) is 15.5 Å². The lowest BCUT2D eigenvalue weighted by molar-refractivity contribution is -0.127. The second-order valence-corrected chi connectivity index (χ2v) is 6.56. The molecule has 3 aromatic rings. The molecule has 2 aromatic carbocycles. The van der Waals surface area contributed by atoms with Crippen molar-refractivity contribution >= 4 is 11.8 Å². The maximum Gasteiger partial charge on any atom is 0.254 e. The summed E-state index contributed by atoms with van der Waals surface area (Å²) in [6, 6.07) is 16.7. The number of carbonyl (C=O) groups is 2. The van der Waals surface area contributed by atoms with Crippen LogP contribution in [-0.2, 0) is 11.2 Å². The van der Waals surface area contributed by atoms with E-state index >= 15 is 0 Å². The molecule has 2 heterocycles.